The van der Waals surface area contributed by atoms with E-state index in [4.69, 9.17) is 9.47 Å². The van der Waals surface area contributed by atoms with E-state index in [-0.39, 0.29) is 11.7 Å². The quantitative estimate of drug-likeness (QED) is 0.626. The molecule has 0 radical (unpaired) electrons. The molecule has 2 aromatic heterocycles. The van der Waals surface area contributed by atoms with Gasteiger partial charge in [0.2, 0.25) is 0 Å². The van der Waals surface area contributed by atoms with Crippen molar-refractivity contribution in [3.8, 4) is 22.9 Å². The van der Waals surface area contributed by atoms with Gasteiger partial charge in [-0.15, -0.1) is 0 Å². The zero-order chi connectivity index (χ0) is 21.6. The van der Waals surface area contributed by atoms with E-state index >= 15 is 0 Å². The lowest BCUT2D eigenvalue weighted by atomic mass is 10.1. The van der Waals surface area contributed by atoms with Gasteiger partial charge in [-0.3, -0.25) is 4.79 Å². The molecule has 31 heavy (non-hydrogen) atoms. The lowest BCUT2D eigenvalue weighted by molar-refractivity contribution is 0.162. The summed E-state index contributed by atoms with van der Waals surface area (Å²) in [6, 6.07) is 13.3. The number of pyridine rings is 1. The standard InChI is InChI=1S/C24H28N4O3/c1-3-18-15-23(29)27-24(26-18)17-9-10-22(25-16-17)28-13-11-19(12-14-28)31-21-8-6-5-7-20(21)30-4-2/h5-10,15-16,19H,3-4,11-14H2,1-2H3,(H,26,27,29). The summed E-state index contributed by atoms with van der Waals surface area (Å²) >= 11 is 0. The maximum absolute atomic E-state index is 11.8. The molecule has 1 aliphatic rings. The second-order valence-corrected chi connectivity index (χ2v) is 7.53. The van der Waals surface area contributed by atoms with E-state index in [0.717, 1.165) is 54.5 Å². The van der Waals surface area contributed by atoms with E-state index < -0.39 is 0 Å². The summed E-state index contributed by atoms with van der Waals surface area (Å²) in [7, 11) is 0. The van der Waals surface area contributed by atoms with E-state index in [9.17, 15) is 4.79 Å². The monoisotopic (exact) mass is 420 g/mol. The number of piperidine rings is 1. The van der Waals surface area contributed by atoms with Gasteiger partial charge in [-0.25, -0.2) is 9.97 Å². The SMILES string of the molecule is CCOc1ccccc1OC1CCN(c2ccc(-c3nc(CC)cc(=O)[nH]3)cn2)CC1. The van der Waals surface area contributed by atoms with Gasteiger partial charge >= 0.3 is 0 Å². The van der Waals surface area contributed by atoms with E-state index in [0.29, 0.717) is 18.9 Å². The van der Waals surface area contributed by atoms with Crippen LogP contribution in [0.15, 0.2) is 53.5 Å². The van der Waals surface area contributed by atoms with Crippen LogP contribution in [0.5, 0.6) is 11.5 Å². The summed E-state index contributed by atoms with van der Waals surface area (Å²) in [5, 5.41) is 0. The molecule has 0 bridgehead atoms. The highest BCUT2D eigenvalue weighted by atomic mass is 16.5. The van der Waals surface area contributed by atoms with Gasteiger partial charge in [0.15, 0.2) is 11.5 Å². The molecule has 0 saturated carbocycles. The first-order valence-corrected chi connectivity index (χ1v) is 10.9. The number of anilines is 1. The molecule has 1 fully saturated rings. The molecule has 4 rings (SSSR count). The van der Waals surface area contributed by atoms with Crippen molar-refractivity contribution >= 4 is 5.82 Å². The van der Waals surface area contributed by atoms with Crippen molar-refractivity contribution in [3.05, 3.63) is 64.7 Å². The molecule has 7 nitrogen and oxygen atoms in total. The van der Waals surface area contributed by atoms with Gasteiger partial charge in [-0.2, -0.15) is 0 Å². The summed E-state index contributed by atoms with van der Waals surface area (Å²) < 4.78 is 11.9. The number of para-hydroxylation sites is 2. The van der Waals surface area contributed by atoms with Gasteiger partial charge in [0.25, 0.3) is 5.56 Å². The van der Waals surface area contributed by atoms with E-state index in [1.54, 1.807) is 6.20 Å². The highest BCUT2D eigenvalue weighted by Crippen LogP contribution is 2.30. The molecule has 7 heteroatoms. The van der Waals surface area contributed by atoms with E-state index in [1.165, 1.54) is 6.07 Å². The smallest absolute Gasteiger partial charge is 0.251 e. The predicted molar refractivity (Wildman–Crippen MR) is 121 cm³/mol. The molecule has 1 aliphatic heterocycles. The van der Waals surface area contributed by atoms with Crippen LogP contribution in [0.4, 0.5) is 5.82 Å². The summed E-state index contributed by atoms with van der Waals surface area (Å²) in [5.74, 6) is 3.08. The van der Waals surface area contributed by atoms with Crippen LogP contribution in [0.25, 0.3) is 11.4 Å². The van der Waals surface area contributed by atoms with Crippen molar-refractivity contribution < 1.29 is 9.47 Å². The van der Waals surface area contributed by atoms with Crippen LogP contribution in [-0.2, 0) is 6.42 Å². The maximum atomic E-state index is 11.8. The van der Waals surface area contributed by atoms with Crippen LogP contribution >= 0.6 is 0 Å². The Hall–Kier alpha value is -3.35. The van der Waals surface area contributed by atoms with Crippen molar-refractivity contribution in [3.63, 3.8) is 0 Å². The number of ether oxygens (including phenoxy) is 2. The van der Waals surface area contributed by atoms with Crippen molar-refractivity contribution in [1.29, 1.82) is 0 Å². The lowest BCUT2D eigenvalue weighted by Crippen LogP contribution is -2.38. The number of aryl methyl sites for hydroxylation is 1. The molecule has 0 unspecified atom stereocenters. The molecule has 0 spiro atoms. The van der Waals surface area contributed by atoms with Crippen molar-refractivity contribution in [1.82, 2.24) is 15.0 Å². The Labute approximate surface area is 182 Å². The first-order valence-electron chi connectivity index (χ1n) is 10.9. The molecule has 1 N–H and O–H groups in total. The molecule has 3 aromatic rings. The lowest BCUT2D eigenvalue weighted by Gasteiger charge is -2.33. The summed E-state index contributed by atoms with van der Waals surface area (Å²) in [6.07, 6.45) is 4.47. The molecule has 0 aliphatic carbocycles. The molecular formula is C24H28N4O3. The molecule has 1 aromatic carbocycles. The Morgan fingerprint density at radius 3 is 2.55 bits per heavy atom. The van der Waals surface area contributed by atoms with Crippen molar-refractivity contribution in [2.75, 3.05) is 24.6 Å². The van der Waals surface area contributed by atoms with Crippen LogP contribution in [0.3, 0.4) is 0 Å². The minimum atomic E-state index is -0.140. The minimum Gasteiger partial charge on any atom is -0.490 e. The average Bonchev–Trinajstić information content (AvgIpc) is 2.81. The Bertz CT molecular complexity index is 1060. The Morgan fingerprint density at radius 2 is 1.87 bits per heavy atom. The van der Waals surface area contributed by atoms with E-state index in [2.05, 4.69) is 19.9 Å². The van der Waals surface area contributed by atoms with Crippen molar-refractivity contribution in [2.24, 2.45) is 0 Å². The number of aromatic amines is 1. The number of benzene rings is 1. The normalized spacial score (nSPS) is 14.5. The van der Waals surface area contributed by atoms with Crippen LogP contribution < -0.4 is 19.9 Å². The van der Waals surface area contributed by atoms with Gasteiger partial charge in [0, 0.05) is 49.5 Å². The van der Waals surface area contributed by atoms with Gasteiger partial charge in [-0.1, -0.05) is 19.1 Å². The zero-order valence-electron chi connectivity index (χ0n) is 18.0. The number of H-pyrrole nitrogens is 1. The summed E-state index contributed by atoms with van der Waals surface area (Å²) in [5.41, 5.74) is 1.44. The number of rotatable bonds is 7. The molecule has 0 amide bonds. The fourth-order valence-electron chi connectivity index (χ4n) is 3.74. The van der Waals surface area contributed by atoms with Crippen LogP contribution in [0.1, 0.15) is 32.4 Å². The Balaban J connectivity index is 1.38. The van der Waals surface area contributed by atoms with Crippen LogP contribution in [-0.4, -0.2) is 40.8 Å². The predicted octanol–water partition coefficient (Wildman–Crippen LogP) is 3.84. The first kappa shape index (κ1) is 20.9. The van der Waals surface area contributed by atoms with Gasteiger partial charge < -0.3 is 19.4 Å². The highest BCUT2D eigenvalue weighted by Gasteiger charge is 2.22. The largest absolute Gasteiger partial charge is 0.490 e. The molecule has 3 heterocycles. The second kappa shape index (κ2) is 9.64. The Kier molecular flexibility index (Phi) is 6.50. The fraction of sp³-hybridized carbons (Fsp3) is 0.375. The third-order valence-electron chi connectivity index (χ3n) is 5.39. The number of hydrogen-bond acceptors (Lipinski definition) is 6. The van der Waals surface area contributed by atoms with Gasteiger partial charge in [-0.05, 0) is 37.6 Å². The van der Waals surface area contributed by atoms with Crippen LogP contribution in [0, 0.1) is 0 Å². The molecule has 0 atom stereocenters. The second-order valence-electron chi connectivity index (χ2n) is 7.53. The molecule has 1 saturated heterocycles. The molecular weight excluding hydrogens is 392 g/mol. The minimum absolute atomic E-state index is 0.140. The maximum Gasteiger partial charge on any atom is 0.251 e. The number of aromatic nitrogens is 3. The van der Waals surface area contributed by atoms with Crippen molar-refractivity contribution in [2.45, 2.75) is 39.2 Å². The number of nitrogens with one attached hydrogen (secondary N) is 1. The van der Waals surface area contributed by atoms with Gasteiger partial charge in [0.1, 0.15) is 17.7 Å². The zero-order valence-corrected chi connectivity index (χ0v) is 18.0. The topological polar surface area (TPSA) is 80.3 Å². The third kappa shape index (κ3) is 5.05. The summed E-state index contributed by atoms with van der Waals surface area (Å²) in [4.78, 5) is 26.0. The number of nitrogens with zero attached hydrogens (tertiary/aromatic N) is 3. The third-order valence-corrected chi connectivity index (χ3v) is 5.39. The average molecular weight is 421 g/mol. The summed E-state index contributed by atoms with van der Waals surface area (Å²) in [6.45, 7) is 6.31. The fourth-order valence-corrected chi connectivity index (χ4v) is 3.74. The number of hydrogen-bond donors (Lipinski definition) is 1. The Morgan fingerprint density at radius 1 is 1.10 bits per heavy atom. The first-order chi connectivity index (χ1) is 15.2. The molecule has 162 valence electrons. The highest BCUT2D eigenvalue weighted by molar-refractivity contribution is 5.56. The van der Waals surface area contributed by atoms with Gasteiger partial charge in [0.05, 0.1) is 6.61 Å². The van der Waals surface area contributed by atoms with Crippen LogP contribution in [0.2, 0.25) is 0 Å². The van der Waals surface area contributed by atoms with E-state index in [1.807, 2.05) is 50.2 Å².